The molecule has 2 N–H and O–H groups in total. The van der Waals surface area contributed by atoms with Crippen molar-refractivity contribution in [1.82, 2.24) is 0 Å². The summed E-state index contributed by atoms with van der Waals surface area (Å²) in [6, 6.07) is 9.39. The van der Waals surface area contributed by atoms with Gasteiger partial charge in [-0.3, -0.25) is 9.11 Å². The summed E-state index contributed by atoms with van der Waals surface area (Å²) >= 11 is 0. The minimum Gasteiger partial charge on any atom is -0.282 e. The molecule has 33 heavy (non-hydrogen) atoms. The zero-order chi connectivity index (χ0) is 25.2. The van der Waals surface area contributed by atoms with Crippen LogP contribution in [0, 0.1) is 0 Å². The number of hydrogen-bond acceptors (Lipinski definition) is 4. The molecule has 2 aromatic rings. The van der Waals surface area contributed by atoms with Gasteiger partial charge in [0.15, 0.2) is 0 Å². The maximum absolute atomic E-state index is 12.4. The van der Waals surface area contributed by atoms with E-state index in [-0.39, 0.29) is 31.7 Å². The average molecular weight is 497 g/mol. The van der Waals surface area contributed by atoms with Crippen molar-refractivity contribution in [1.29, 1.82) is 0 Å². The van der Waals surface area contributed by atoms with Crippen molar-refractivity contribution in [2.24, 2.45) is 0 Å². The fraction of sp³-hybridized carbons (Fsp3) is 0.520. The first-order chi connectivity index (χ1) is 15.2. The van der Waals surface area contributed by atoms with E-state index in [0.717, 1.165) is 43.2 Å². The molecule has 0 aliphatic rings. The van der Waals surface area contributed by atoms with Gasteiger partial charge in [-0.1, -0.05) is 72.2 Å². The number of benzene rings is 2. The van der Waals surface area contributed by atoms with Gasteiger partial charge in [0, 0.05) is 11.1 Å². The first-order valence-corrected chi connectivity index (χ1v) is 14.3. The van der Waals surface area contributed by atoms with Crippen molar-refractivity contribution in [2.45, 2.75) is 94.3 Å². The Morgan fingerprint density at radius 3 is 1.33 bits per heavy atom. The molecule has 1 atom stereocenters. The highest BCUT2D eigenvalue weighted by Crippen LogP contribution is 2.40. The summed E-state index contributed by atoms with van der Waals surface area (Å²) < 4.78 is 69.5. The summed E-state index contributed by atoms with van der Waals surface area (Å²) in [5, 5.41) is 0. The van der Waals surface area contributed by atoms with E-state index < -0.39 is 20.2 Å². The fourth-order valence-electron chi connectivity index (χ4n) is 4.40. The van der Waals surface area contributed by atoms with Gasteiger partial charge in [-0.2, -0.15) is 16.8 Å². The van der Waals surface area contributed by atoms with Crippen molar-refractivity contribution in [3.05, 3.63) is 47.5 Å². The maximum Gasteiger partial charge on any atom is 0.295 e. The van der Waals surface area contributed by atoms with E-state index in [0.29, 0.717) is 0 Å². The van der Waals surface area contributed by atoms with Gasteiger partial charge in [-0.05, 0) is 59.8 Å². The normalized spacial score (nSPS) is 14.8. The average Bonchev–Trinajstić information content (AvgIpc) is 2.76. The van der Waals surface area contributed by atoms with E-state index in [4.69, 9.17) is 0 Å². The van der Waals surface area contributed by atoms with Crippen LogP contribution >= 0.6 is 0 Å². The molecular formula is C25H36O6S2. The quantitative estimate of drug-likeness (QED) is 0.369. The molecule has 0 heterocycles. The third-order valence-electron chi connectivity index (χ3n) is 7.35. The maximum atomic E-state index is 12.4. The van der Waals surface area contributed by atoms with Crippen LogP contribution in [0.2, 0.25) is 0 Å². The van der Waals surface area contributed by atoms with E-state index >= 15 is 0 Å². The summed E-state index contributed by atoms with van der Waals surface area (Å²) in [6.07, 6.45) is 4.00. The van der Waals surface area contributed by atoms with Gasteiger partial charge in [0.1, 0.15) is 9.79 Å². The smallest absolute Gasteiger partial charge is 0.282 e. The number of hydrogen-bond donors (Lipinski definition) is 2. The molecule has 0 spiro atoms. The molecule has 184 valence electrons. The second-order valence-electron chi connectivity index (χ2n) is 9.30. The molecule has 0 aliphatic heterocycles. The summed E-state index contributed by atoms with van der Waals surface area (Å²) in [5.74, 6) is 0. The molecule has 1 unspecified atom stereocenters. The van der Waals surface area contributed by atoms with Crippen LogP contribution in [0.15, 0.2) is 46.2 Å². The highest BCUT2D eigenvalue weighted by molar-refractivity contribution is 7.86. The highest BCUT2D eigenvalue weighted by Gasteiger charge is 2.30. The summed E-state index contributed by atoms with van der Waals surface area (Å²) in [4.78, 5) is -0.750. The first kappa shape index (κ1) is 27.5. The monoisotopic (exact) mass is 496 g/mol. The van der Waals surface area contributed by atoms with Crippen LogP contribution in [-0.2, 0) is 31.1 Å². The molecule has 0 fully saturated rings. The fourth-order valence-corrected chi connectivity index (χ4v) is 5.87. The minimum absolute atomic E-state index is 0.0312. The molecule has 2 rings (SSSR count). The lowest BCUT2D eigenvalue weighted by atomic mass is 9.76. The molecule has 0 saturated carbocycles. The van der Waals surface area contributed by atoms with Crippen LogP contribution < -0.4 is 0 Å². The largest absolute Gasteiger partial charge is 0.295 e. The Morgan fingerprint density at radius 2 is 1.03 bits per heavy atom. The van der Waals surface area contributed by atoms with Crippen LogP contribution in [0.25, 0.3) is 11.1 Å². The van der Waals surface area contributed by atoms with Gasteiger partial charge in [0.05, 0.1) is 0 Å². The van der Waals surface area contributed by atoms with Crippen LogP contribution in [0.1, 0.15) is 84.8 Å². The summed E-state index contributed by atoms with van der Waals surface area (Å²) in [5.41, 5.74) is 0.936. The molecule has 0 amide bonds. The van der Waals surface area contributed by atoms with Gasteiger partial charge in [-0.25, -0.2) is 0 Å². The number of rotatable bonds is 10. The van der Waals surface area contributed by atoms with Crippen molar-refractivity contribution in [3.8, 4) is 11.1 Å². The van der Waals surface area contributed by atoms with E-state index in [2.05, 4.69) is 0 Å². The minimum atomic E-state index is -4.67. The predicted octanol–water partition coefficient (Wildman–Crippen LogP) is 6.39. The standard InChI is InChI=1S/C25H36O6S2/c1-7-15-25(6,10-4)19-12-14-21(23(17-19)33(29,30)31)20-13-11-18(24(5,8-2)9-3)16-22(20)32(26,27)28/h11-14,16-17H,7-10,15H2,1-6H3,(H,26,27,28)(H,29,30,31). The first-order valence-electron chi connectivity index (χ1n) is 11.4. The van der Waals surface area contributed by atoms with Gasteiger partial charge in [0.25, 0.3) is 20.2 Å². The molecule has 8 heteroatoms. The Morgan fingerprint density at radius 1 is 0.667 bits per heavy atom. The van der Waals surface area contributed by atoms with E-state index in [1.165, 1.54) is 24.3 Å². The van der Waals surface area contributed by atoms with Crippen molar-refractivity contribution >= 4 is 20.2 Å². The topological polar surface area (TPSA) is 109 Å². The van der Waals surface area contributed by atoms with Crippen LogP contribution in [-0.4, -0.2) is 25.9 Å². The summed E-state index contributed by atoms with van der Waals surface area (Å²) in [6.45, 7) is 12.1. The Hall–Kier alpha value is -1.74. The lowest BCUT2D eigenvalue weighted by Crippen LogP contribution is -2.21. The molecule has 0 bridgehead atoms. The Bertz CT molecular complexity index is 1210. The lowest BCUT2D eigenvalue weighted by Gasteiger charge is -2.30. The predicted molar refractivity (Wildman–Crippen MR) is 132 cm³/mol. The Kier molecular flexibility index (Phi) is 8.22. The van der Waals surface area contributed by atoms with Gasteiger partial charge in [-0.15, -0.1) is 0 Å². The van der Waals surface area contributed by atoms with Crippen molar-refractivity contribution in [2.75, 3.05) is 0 Å². The molecule has 6 nitrogen and oxygen atoms in total. The Balaban J connectivity index is 2.89. The zero-order valence-electron chi connectivity index (χ0n) is 20.3. The molecule has 0 saturated heterocycles. The van der Waals surface area contributed by atoms with E-state index in [1.807, 2.05) is 41.5 Å². The third-order valence-corrected chi connectivity index (χ3v) is 9.13. The second kappa shape index (κ2) is 9.86. The molecule has 0 aliphatic carbocycles. The van der Waals surface area contributed by atoms with Crippen LogP contribution in [0.5, 0.6) is 0 Å². The summed E-state index contributed by atoms with van der Waals surface area (Å²) in [7, 11) is -9.35. The van der Waals surface area contributed by atoms with Gasteiger partial charge >= 0.3 is 0 Å². The van der Waals surface area contributed by atoms with Gasteiger partial charge in [0.2, 0.25) is 0 Å². The van der Waals surface area contributed by atoms with E-state index in [1.54, 1.807) is 12.1 Å². The van der Waals surface area contributed by atoms with Crippen LogP contribution in [0.4, 0.5) is 0 Å². The molecular weight excluding hydrogens is 460 g/mol. The molecule has 2 aromatic carbocycles. The van der Waals surface area contributed by atoms with Crippen LogP contribution in [0.3, 0.4) is 0 Å². The SMILES string of the molecule is CCCC(C)(CC)c1ccc(-c2ccc(C(C)(CC)CC)cc2S(=O)(=O)O)c(S(=O)(=O)O)c1. The highest BCUT2D eigenvalue weighted by atomic mass is 32.2. The van der Waals surface area contributed by atoms with Crippen molar-refractivity contribution < 1.29 is 25.9 Å². The lowest BCUT2D eigenvalue weighted by molar-refractivity contribution is 0.412. The second-order valence-corrected chi connectivity index (χ2v) is 12.1. The molecule has 0 aromatic heterocycles. The molecule has 0 radical (unpaired) electrons. The third kappa shape index (κ3) is 5.67. The van der Waals surface area contributed by atoms with E-state index in [9.17, 15) is 25.9 Å². The van der Waals surface area contributed by atoms with Gasteiger partial charge < -0.3 is 0 Å². The zero-order valence-corrected chi connectivity index (χ0v) is 22.0. The van der Waals surface area contributed by atoms with Crippen molar-refractivity contribution in [3.63, 3.8) is 0 Å². The Labute approximate surface area is 198 Å².